The fourth-order valence-corrected chi connectivity index (χ4v) is 18.4. The zero-order valence-electron chi connectivity index (χ0n) is 64.2. The number of rotatable bonds is 15. The van der Waals surface area contributed by atoms with E-state index in [1.54, 1.807) is 0 Å². The minimum absolute atomic E-state index is 0.880. The second-order valence-electron chi connectivity index (χ2n) is 30.6. The van der Waals surface area contributed by atoms with Gasteiger partial charge in [0, 0.05) is 93.9 Å². The Morgan fingerprint density at radius 1 is 0.178 bits per heavy atom. The molecule has 552 valence electrons. The van der Waals surface area contributed by atoms with Gasteiger partial charge < -0.3 is 27.8 Å². The quantitative estimate of drug-likeness (QED) is 0.103. The molecule has 6 heteroatoms. The van der Waals surface area contributed by atoms with Crippen LogP contribution in [0.15, 0.2) is 446 Å². The molecule has 118 heavy (non-hydrogen) atoms. The highest BCUT2D eigenvalue weighted by molar-refractivity contribution is 6.15. The smallest absolute Gasteiger partial charge is 0.143 e. The van der Waals surface area contributed by atoms with Gasteiger partial charge in [0.25, 0.3) is 0 Å². The highest BCUT2D eigenvalue weighted by Gasteiger charge is 2.24. The van der Waals surface area contributed by atoms with Gasteiger partial charge >= 0.3 is 0 Å². The third-order valence-electron chi connectivity index (χ3n) is 24.0. The van der Waals surface area contributed by atoms with Crippen molar-refractivity contribution >= 4 is 132 Å². The maximum Gasteiger partial charge on any atom is 0.143 e. The number of hydrogen-bond acceptors (Lipinski definition) is 4. The second-order valence-corrected chi connectivity index (χ2v) is 30.6. The summed E-state index contributed by atoms with van der Waals surface area (Å²) < 4.78 is 17.9. The van der Waals surface area contributed by atoms with E-state index in [1.165, 1.54) is 43.4 Å². The van der Waals surface area contributed by atoms with E-state index in [0.717, 1.165) is 178 Å². The van der Waals surface area contributed by atoms with Crippen molar-refractivity contribution in [1.82, 2.24) is 9.13 Å². The van der Waals surface area contributed by atoms with Crippen molar-refractivity contribution in [2.24, 2.45) is 0 Å². The molecule has 0 spiro atoms. The van der Waals surface area contributed by atoms with Gasteiger partial charge in [-0.3, -0.25) is 0 Å². The van der Waals surface area contributed by atoms with Gasteiger partial charge in [0.05, 0.1) is 33.4 Å². The minimum atomic E-state index is 0.880. The molecule has 0 atom stereocenters. The Hall–Kier alpha value is -15.8. The summed E-state index contributed by atoms with van der Waals surface area (Å²) in [7, 11) is 0. The molecule has 6 nitrogen and oxygen atoms in total. The van der Waals surface area contributed by atoms with Gasteiger partial charge in [-0.15, -0.1) is 0 Å². The Bertz CT molecular complexity index is 7710. The van der Waals surface area contributed by atoms with Gasteiger partial charge in [-0.05, 0) is 199 Å². The number of furan rings is 2. The number of anilines is 6. The first kappa shape index (κ1) is 67.9. The molecule has 19 aromatic carbocycles. The van der Waals surface area contributed by atoms with E-state index < -0.39 is 0 Å². The van der Waals surface area contributed by atoms with Crippen molar-refractivity contribution in [3.05, 3.63) is 437 Å². The summed E-state index contributed by atoms with van der Waals surface area (Å²) in [5.74, 6) is 0. The Kier molecular flexibility index (Phi) is 16.2. The molecule has 0 saturated carbocycles. The molecule has 0 N–H and O–H groups in total. The van der Waals surface area contributed by atoms with Crippen molar-refractivity contribution in [2.45, 2.75) is 0 Å². The van der Waals surface area contributed by atoms with E-state index in [2.05, 4.69) is 438 Å². The summed E-state index contributed by atoms with van der Waals surface area (Å²) in [4.78, 5) is 4.74. The van der Waals surface area contributed by atoms with Crippen LogP contribution in [0.5, 0.6) is 0 Å². The van der Waals surface area contributed by atoms with Gasteiger partial charge in [-0.1, -0.05) is 309 Å². The van der Waals surface area contributed by atoms with Gasteiger partial charge in [-0.25, -0.2) is 0 Å². The molecule has 23 rings (SSSR count). The molecule has 4 heterocycles. The lowest BCUT2D eigenvalue weighted by Crippen LogP contribution is -2.10. The van der Waals surface area contributed by atoms with E-state index in [-0.39, 0.29) is 0 Å². The Morgan fingerprint density at radius 2 is 0.492 bits per heavy atom. The first-order valence-electron chi connectivity index (χ1n) is 40.3. The number of fused-ring (bicyclic) bond motifs is 13. The maximum absolute atomic E-state index is 6.59. The van der Waals surface area contributed by atoms with E-state index in [0.29, 0.717) is 0 Å². The maximum atomic E-state index is 6.59. The Morgan fingerprint density at radius 3 is 0.983 bits per heavy atom. The Labute approximate surface area is 681 Å². The van der Waals surface area contributed by atoms with Crippen LogP contribution in [0.25, 0.3) is 188 Å². The standard InChI is InChI=1S/C112H72N4O2/c1-2-21-73(22-3-1)74-43-57-83(58-44-74)113(87-65-51-79(52-66-87)93-33-20-42-110-111(93)101-31-11-17-41-109(101)117-110)85-61-47-77(48-62-85)91-69-55-81(71-106(91)115-102-36-12-6-26-95(102)96-27-7-13-37-103(96)115)82-56-70-92(107(72-82)116-104-38-14-8-28-97(104)98-29-9-15-39-105(98)116)78-49-63-86(64-50-78)114(84-59-45-76(46-60-84)90-32-18-24-75-23-4-5-25-89(75)90)88-67-53-80(54-68-88)94-34-19-35-100-99-30-10-16-40-108(99)118-112(94)100/h1-72H. The lowest BCUT2D eigenvalue weighted by molar-refractivity contribution is 0.669. The molecule has 0 saturated heterocycles. The molecule has 0 aliphatic rings. The van der Waals surface area contributed by atoms with E-state index in [1.807, 2.05) is 18.2 Å². The van der Waals surface area contributed by atoms with Gasteiger partial charge in [-0.2, -0.15) is 0 Å². The average Bonchev–Trinajstić information content (AvgIpc) is 1.48. The SMILES string of the molecule is c1ccc(-c2ccc(N(c3ccc(-c4ccc(-c5ccc(-c6ccc(N(c7ccc(-c8cccc9ccccc89)cc7)c7ccc(-c8cccc9c8oc8ccccc89)cc7)cc6)c(-n6c7ccccc7c7ccccc76)c5)cc4-n4c5ccccc5c5ccccc54)cc3)c3ccc(-c4cccc5oc6ccccc6c45)cc3)cc2)cc1. The molecule has 0 aliphatic heterocycles. The predicted octanol–water partition coefficient (Wildman–Crippen LogP) is 31.4. The van der Waals surface area contributed by atoms with Crippen molar-refractivity contribution in [2.75, 3.05) is 9.80 Å². The van der Waals surface area contributed by atoms with Crippen LogP contribution in [-0.4, -0.2) is 9.13 Å². The molecule has 0 unspecified atom stereocenters. The number of benzene rings is 19. The summed E-state index contributed by atoms with van der Waals surface area (Å²) in [5.41, 5.74) is 32.2. The summed E-state index contributed by atoms with van der Waals surface area (Å²) in [6, 6.07) is 159. The van der Waals surface area contributed by atoms with Crippen molar-refractivity contribution in [3.8, 4) is 89.3 Å². The lowest BCUT2D eigenvalue weighted by atomic mass is 9.94. The van der Waals surface area contributed by atoms with Crippen LogP contribution in [-0.2, 0) is 0 Å². The number of hydrogen-bond donors (Lipinski definition) is 0. The first-order valence-corrected chi connectivity index (χ1v) is 40.3. The fraction of sp³-hybridized carbons (Fsp3) is 0. The van der Waals surface area contributed by atoms with Crippen LogP contribution < -0.4 is 9.80 Å². The third kappa shape index (κ3) is 11.5. The zero-order chi connectivity index (χ0) is 77.7. The highest BCUT2D eigenvalue weighted by Crippen LogP contribution is 2.48. The summed E-state index contributed by atoms with van der Waals surface area (Å²) in [5, 5.41) is 11.7. The summed E-state index contributed by atoms with van der Waals surface area (Å²) in [6.07, 6.45) is 0. The molecule has 0 aliphatic carbocycles. The van der Waals surface area contributed by atoms with Crippen molar-refractivity contribution in [1.29, 1.82) is 0 Å². The van der Waals surface area contributed by atoms with Crippen LogP contribution in [0.4, 0.5) is 34.1 Å². The molecule has 0 bridgehead atoms. The molecular weight excluding hydrogens is 1430 g/mol. The Balaban J connectivity index is 0.651. The fourth-order valence-electron chi connectivity index (χ4n) is 18.4. The van der Waals surface area contributed by atoms with Gasteiger partial charge in [0.1, 0.15) is 22.3 Å². The van der Waals surface area contributed by atoms with Crippen molar-refractivity contribution < 1.29 is 8.83 Å². The summed E-state index contributed by atoms with van der Waals surface area (Å²) in [6.45, 7) is 0. The lowest BCUT2D eigenvalue weighted by Gasteiger charge is -2.26. The highest BCUT2D eigenvalue weighted by atomic mass is 16.3. The monoisotopic (exact) mass is 1500 g/mol. The van der Waals surface area contributed by atoms with Gasteiger partial charge in [0.15, 0.2) is 0 Å². The predicted molar refractivity (Wildman–Crippen MR) is 495 cm³/mol. The summed E-state index contributed by atoms with van der Waals surface area (Å²) >= 11 is 0. The molecule has 0 fully saturated rings. The second kappa shape index (κ2) is 28.1. The zero-order valence-corrected chi connectivity index (χ0v) is 64.2. The largest absolute Gasteiger partial charge is 0.456 e. The number of para-hydroxylation sites is 7. The van der Waals surface area contributed by atoms with Crippen molar-refractivity contribution in [3.63, 3.8) is 0 Å². The average molecular weight is 1510 g/mol. The van der Waals surface area contributed by atoms with Crippen LogP contribution in [0, 0.1) is 0 Å². The van der Waals surface area contributed by atoms with E-state index >= 15 is 0 Å². The topological polar surface area (TPSA) is 42.6 Å². The van der Waals surface area contributed by atoms with Crippen LogP contribution in [0.1, 0.15) is 0 Å². The third-order valence-corrected chi connectivity index (χ3v) is 24.0. The van der Waals surface area contributed by atoms with E-state index in [9.17, 15) is 0 Å². The van der Waals surface area contributed by atoms with Crippen LogP contribution in [0.3, 0.4) is 0 Å². The first-order chi connectivity index (χ1) is 58.5. The molecule has 0 amide bonds. The number of aromatic nitrogens is 2. The molecule has 4 aromatic heterocycles. The normalized spacial score (nSPS) is 11.7. The van der Waals surface area contributed by atoms with Gasteiger partial charge in [0.2, 0.25) is 0 Å². The number of nitrogens with zero attached hydrogens (tertiary/aromatic N) is 4. The molecule has 0 radical (unpaired) electrons. The van der Waals surface area contributed by atoms with Crippen LogP contribution in [0.2, 0.25) is 0 Å². The van der Waals surface area contributed by atoms with E-state index in [4.69, 9.17) is 8.83 Å². The minimum Gasteiger partial charge on any atom is -0.456 e. The molecule has 23 aromatic rings. The van der Waals surface area contributed by atoms with Crippen LogP contribution >= 0.6 is 0 Å². The molecular formula is C112H72N4O2.